The van der Waals surface area contributed by atoms with E-state index in [0.717, 1.165) is 0 Å². The van der Waals surface area contributed by atoms with Crippen molar-refractivity contribution >= 4 is 22.1 Å². The van der Waals surface area contributed by atoms with Gasteiger partial charge < -0.3 is 14.6 Å². The van der Waals surface area contributed by atoms with Crippen LogP contribution in [-0.2, 0) is 24.4 Å². The number of unbranched alkanes of at least 4 members (excludes halogenated alkanes) is 8. The number of carboxylic acids is 1. The minimum absolute atomic E-state index is 0. The molecule has 2 atom stereocenters. The van der Waals surface area contributed by atoms with Gasteiger partial charge in [0.2, 0.25) is 6.36 Å². The van der Waals surface area contributed by atoms with E-state index in [1.54, 1.807) is 6.92 Å². The second-order valence-electron chi connectivity index (χ2n) is 7.34. The summed E-state index contributed by atoms with van der Waals surface area (Å²) in [5.74, 6) is -3.53. The Hall–Kier alpha value is -0.220. The van der Waals surface area contributed by atoms with Gasteiger partial charge in [-0.25, -0.2) is 4.39 Å². The maximum absolute atomic E-state index is 12.9. The maximum Gasteiger partial charge on any atom is 1.00 e. The molecule has 0 rings (SSSR count). The van der Waals surface area contributed by atoms with Gasteiger partial charge in [0.15, 0.2) is 5.25 Å². The van der Waals surface area contributed by atoms with Crippen molar-refractivity contribution in [2.75, 3.05) is 0 Å². The van der Waals surface area contributed by atoms with Crippen molar-refractivity contribution in [1.29, 1.82) is 0 Å². The molecule has 2 unspecified atom stereocenters. The Labute approximate surface area is 217 Å². The first-order valence-electron chi connectivity index (χ1n) is 11.5. The molecule has 0 amide bonds. The molecule has 0 aromatic carbocycles. The number of ether oxygens (including phenoxy) is 1. The van der Waals surface area contributed by atoms with E-state index < -0.39 is 40.1 Å². The molecule has 0 saturated heterocycles. The summed E-state index contributed by atoms with van der Waals surface area (Å²) in [6.45, 7) is 10.6. The Morgan fingerprint density at radius 2 is 1.22 bits per heavy atom. The molecule has 10 heteroatoms. The molecule has 0 bridgehead atoms. The van der Waals surface area contributed by atoms with E-state index in [4.69, 9.17) is 4.55 Å². The fraction of sp³-hybridized carbons (Fsp3) is 0.909. The maximum atomic E-state index is 12.9. The molecular weight excluding hydrogens is 450 g/mol. The first-order chi connectivity index (χ1) is 14.5. The third-order valence-electron chi connectivity index (χ3n) is 4.15. The fourth-order valence-electron chi connectivity index (χ4n) is 2.30. The predicted octanol–water partition coefficient (Wildman–Crippen LogP) is 1.98. The van der Waals surface area contributed by atoms with Crippen molar-refractivity contribution in [3.8, 4) is 0 Å². The standard InChI is InChI=1S/C8H13FO7S.2C7H16.Na/c1-2-3-6(9)16-8(12)5(4-7(10)11)17(13,14)15;2*1-3-5-7-6-4-2;/h5-6H,2-4H2,1H3,(H,10,11)(H,13,14,15);2*3-7H2,1-2H3;/q;;;+1/p-1. The van der Waals surface area contributed by atoms with Gasteiger partial charge in [0.1, 0.15) is 0 Å². The Kier molecular flexibility index (Phi) is 33.0. The van der Waals surface area contributed by atoms with E-state index in [1.165, 1.54) is 64.2 Å². The minimum atomic E-state index is -4.98. The summed E-state index contributed by atoms with van der Waals surface area (Å²) in [6, 6.07) is 0. The van der Waals surface area contributed by atoms with E-state index in [0.29, 0.717) is 6.42 Å². The smallest absolute Gasteiger partial charge is 0.550 e. The largest absolute Gasteiger partial charge is 1.00 e. The molecule has 0 fully saturated rings. The number of hydrogen-bond acceptors (Lipinski definition) is 6. The van der Waals surface area contributed by atoms with Crippen molar-refractivity contribution in [2.45, 2.75) is 130 Å². The van der Waals surface area contributed by atoms with Crippen LogP contribution in [0, 0.1) is 0 Å². The second kappa shape index (κ2) is 27.0. The van der Waals surface area contributed by atoms with Crippen LogP contribution in [0.15, 0.2) is 0 Å². The molecular formula is C22H44FNaO7S. The van der Waals surface area contributed by atoms with E-state index >= 15 is 0 Å². The Bertz CT molecular complexity index is 512. The molecule has 0 heterocycles. The molecule has 0 radical (unpaired) electrons. The Morgan fingerprint density at radius 3 is 1.47 bits per heavy atom. The van der Waals surface area contributed by atoms with Crippen LogP contribution in [0.2, 0.25) is 0 Å². The number of esters is 1. The fourth-order valence-corrected chi connectivity index (χ4v) is 2.95. The van der Waals surface area contributed by atoms with Crippen molar-refractivity contribution in [3.63, 3.8) is 0 Å². The van der Waals surface area contributed by atoms with Crippen molar-refractivity contribution in [3.05, 3.63) is 0 Å². The molecule has 32 heavy (non-hydrogen) atoms. The van der Waals surface area contributed by atoms with Crippen molar-refractivity contribution in [1.82, 2.24) is 0 Å². The molecule has 188 valence electrons. The number of aliphatic carboxylic acids is 1. The summed E-state index contributed by atoms with van der Waals surface area (Å²) >= 11 is 0. The topological polar surface area (TPSA) is 121 Å². The van der Waals surface area contributed by atoms with Gasteiger partial charge in [0.25, 0.3) is 10.1 Å². The predicted molar refractivity (Wildman–Crippen MR) is 120 cm³/mol. The van der Waals surface area contributed by atoms with Crippen LogP contribution >= 0.6 is 0 Å². The number of rotatable bonds is 15. The van der Waals surface area contributed by atoms with Gasteiger partial charge in [-0.1, -0.05) is 98.8 Å². The summed E-state index contributed by atoms with van der Waals surface area (Å²) in [4.78, 5) is 21.3. The van der Waals surface area contributed by atoms with Crippen LogP contribution in [0.1, 0.15) is 118 Å². The summed E-state index contributed by atoms with van der Waals surface area (Å²) < 4.78 is 46.9. The number of alkyl halides is 1. The Balaban J connectivity index is -0.000000217. The van der Waals surface area contributed by atoms with E-state index in [-0.39, 0.29) is 36.0 Å². The quantitative estimate of drug-likeness (QED) is 0.160. The van der Waals surface area contributed by atoms with E-state index in [1.807, 2.05) is 0 Å². The van der Waals surface area contributed by atoms with Crippen LogP contribution in [0.5, 0.6) is 0 Å². The number of carbonyl (C=O) groups is 2. The summed E-state index contributed by atoms with van der Waals surface area (Å²) in [6.07, 6.45) is 10.9. The molecule has 0 saturated carbocycles. The third-order valence-corrected chi connectivity index (χ3v) is 5.23. The summed E-state index contributed by atoms with van der Waals surface area (Å²) in [5, 5.41) is 7.81. The second-order valence-corrected chi connectivity index (χ2v) is 8.94. The third kappa shape index (κ3) is 29.8. The molecule has 0 aliphatic rings. The molecule has 0 aliphatic carbocycles. The zero-order chi connectivity index (χ0) is 24.7. The summed E-state index contributed by atoms with van der Waals surface area (Å²) in [5.41, 5.74) is 0. The van der Waals surface area contributed by atoms with Gasteiger partial charge in [-0.2, -0.15) is 8.42 Å². The van der Waals surface area contributed by atoms with Gasteiger partial charge in [0, 0.05) is 18.8 Å². The Morgan fingerprint density at radius 1 is 0.844 bits per heavy atom. The number of hydrogen-bond donors (Lipinski definition) is 1. The van der Waals surface area contributed by atoms with Crippen LogP contribution in [0.3, 0.4) is 0 Å². The first-order valence-corrected chi connectivity index (χ1v) is 13.0. The normalized spacial score (nSPS) is 12.1. The SMILES string of the molecule is CCCC(F)OC(=O)C(CC(=O)[O-])S(=O)(=O)O.CCCCCCC.CCCCCCC.[Na+]. The van der Waals surface area contributed by atoms with Crippen LogP contribution in [0.4, 0.5) is 4.39 Å². The zero-order valence-corrected chi connectivity index (χ0v) is 23.8. The number of carbonyl (C=O) groups excluding carboxylic acids is 2. The van der Waals surface area contributed by atoms with Gasteiger partial charge in [-0.05, 0) is 6.42 Å². The van der Waals surface area contributed by atoms with Crippen LogP contribution in [-0.4, -0.2) is 36.5 Å². The molecule has 0 aromatic rings. The van der Waals surface area contributed by atoms with E-state index in [9.17, 15) is 27.5 Å². The van der Waals surface area contributed by atoms with Gasteiger partial charge in [0.05, 0.1) is 0 Å². The minimum Gasteiger partial charge on any atom is -0.550 e. The van der Waals surface area contributed by atoms with Gasteiger partial charge >= 0.3 is 35.5 Å². The van der Waals surface area contributed by atoms with Crippen molar-refractivity contribution in [2.24, 2.45) is 0 Å². The molecule has 0 aromatic heterocycles. The average molecular weight is 495 g/mol. The summed E-state index contributed by atoms with van der Waals surface area (Å²) in [7, 11) is -4.98. The average Bonchev–Trinajstić information content (AvgIpc) is 2.67. The number of carboxylic acid groups (broad SMARTS) is 1. The van der Waals surface area contributed by atoms with Gasteiger partial charge in [-0.15, -0.1) is 0 Å². The zero-order valence-electron chi connectivity index (χ0n) is 21.0. The van der Waals surface area contributed by atoms with Crippen LogP contribution < -0.4 is 34.7 Å². The van der Waals surface area contributed by atoms with Gasteiger partial charge in [-0.3, -0.25) is 9.35 Å². The molecule has 0 aliphatic heterocycles. The van der Waals surface area contributed by atoms with Crippen molar-refractivity contribution < 1.29 is 66.4 Å². The van der Waals surface area contributed by atoms with Crippen LogP contribution in [0.25, 0.3) is 0 Å². The number of halogens is 1. The molecule has 0 spiro atoms. The molecule has 7 nitrogen and oxygen atoms in total. The first kappa shape index (κ1) is 39.0. The van der Waals surface area contributed by atoms with E-state index in [2.05, 4.69) is 32.4 Å². The molecule has 1 N–H and O–H groups in total. The monoisotopic (exact) mass is 494 g/mol.